The van der Waals surface area contributed by atoms with E-state index in [1.807, 2.05) is 0 Å². The van der Waals surface area contributed by atoms with Crippen LogP contribution in [-0.4, -0.2) is 29.3 Å². The van der Waals surface area contributed by atoms with Crippen molar-refractivity contribution in [2.24, 2.45) is 0 Å². The molecule has 2 aliphatic carbocycles. The van der Waals surface area contributed by atoms with E-state index in [9.17, 15) is 4.79 Å². The predicted molar refractivity (Wildman–Crippen MR) is 71.5 cm³/mol. The lowest BCUT2D eigenvalue weighted by molar-refractivity contribution is -0.00406. The second-order valence-electron chi connectivity index (χ2n) is 6.32. The smallest absolute Gasteiger partial charge is 0.273 e. The number of hydrogen-bond acceptors (Lipinski definition) is 4. The summed E-state index contributed by atoms with van der Waals surface area (Å²) in [4.78, 5) is 12.3. The SMILES string of the molecule is O=C(N[C@H]1CCOC12CCCC2)c1cc(C2CC2)on1. The molecule has 1 aliphatic heterocycles. The van der Waals surface area contributed by atoms with Crippen LogP contribution in [0.15, 0.2) is 10.6 Å². The van der Waals surface area contributed by atoms with E-state index in [0.29, 0.717) is 11.6 Å². The molecule has 0 bridgehead atoms. The molecule has 4 rings (SSSR count). The summed E-state index contributed by atoms with van der Waals surface area (Å²) in [6, 6.07) is 1.92. The van der Waals surface area contributed by atoms with Crippen molar-refractivity contribution in [1.29, 1.82) is 0 Å². The first kappa shape index (κ1) is 12.4. The zero-order chi connectivity index (χ0) is 13.6. The standard InChI is InChI=1S/C15H20N2O3/c18-14(11-9-12(20-17-11)10-3-4-10)16-13-5-8-19-15(13)6-1-2-7-15/h9-10,13H,1-8H2,(H,16,18)/t13-/m0/s1. The number of nitrogens with one attached hydrogen (secondary N) is 1. The summed E-state index contributed by atoms with van der Waals surface area (Å²) in [6.07, 6.45) is 7.71. The second kappa shape index (κ2) is 4.58. The summed E-state index contributed by atoms with van der Waals surface area (Å²) in [6.45, 7) is 0.747. The largest absolute Gasteiger partial charge is 0.373 e. The predicted octanol–water partition coefficient (Wildman–Crippen LogP) is 2.38. The van der Waals surface area contributed by atoms with Gasteiger partial charge in [-0.1, -0.05) is 18.0 Å². The fraction of sp³-hybridized carbons (Fsp3) is 0.733. The molecule has 1 saturated heterocycles. The van der Waals surface area contributed by atoms with Crippen molar-refractivity contribution in [3.05, 3.63) is 17.5 Å². The first-order chi connectivity index (χ1) is 9.77. The van der Waals surface area contributed by atoms with Crippen LogP contribution in [0.4, 0.5) is 0 Å². The van der Waals surface area contributed by atoms with Crippen LogP contribution in [0.1, 0.15) is 67.1 Å². The summed E-state index contributed by atoms with van der Waals surface area (Å²) in [7, 11) is 0. The Hall–Kier alpha value is -1.36. The van der Waals surface area contributed by atoms with Gasteiger partial charge in [0.2, 0.25) is 0 Å². The third-order valence-corrected chi connectivity index (χ3v) is 4.93. The van der Waals surface area contributed by atoms with Gasteiger partial charge in [-0.2, -0.15) is 0 Å². The highest BCUT2D eigenvalue weighted by Gasteiger charge is 2.47. The molecule has 1 N–H and O–H groups in total. The first-order valence-corrected chi connectivity index (χ1v) is 7.68. The minimum absolute atomic E-state index is 0.112. The van der Waals surface area contributed by atoms with Gasteiger partial charge < -0.3 is 14.6 Å². The first-order valence-electron chi connectivity index (χ1n) is 7.68. The van der Waals surface area contributed by atoms with E-state index in [2.05, 4.69) is 10.5 Å². The van der Waals surface area contributed by atoms with Crippen LogP contribution in [0.25, 0.3) is 0 Å². The van der Waals surface area contributed by atoms with Gasteiger partial charge in [0, 0.05) is 18.6 Å². The highest BCUT2D eigenvalue weighted by Crippen LogP contribution is 2.42. The van der Waals surface area contributed by atoms with Gasteiger partial charge in [0.15, 0.2) is 5.69 Å². The Morgan fingerprint density at radius 3 is 2.85 bits per heavy atom. The monoisotopic (exact) mass is 276 g/mol. The molecule has 2 saturated carbocycles. The summed E-state index contributed by atoms with van der Waals surface area (Å²) < 4.78 is 11.2. The van der Waals surface area contributed by atoms with E-state index < -0.39 is 0 Å². The van der Waals surface area contributed by atoms with E-state index in [0.717, 1.165) is 44.5 Å². The van der Waals surface area contributed by atoms with Gasteiger partial charge in [0.05, 0.1) is 11.6 Å². The molecule has 20 heavy (non-hydrogen) atoms. The third-order valence-electron chi connectivity index (χ3n) is 4.93. The van der Waals surface area contributed by atoms with Crippen molar-refractivity contribution >= 4 is 5.91 Å². The second-order valence-corrected chi connectivity index (χ2v) is 6.32. The van der Waals surface area contributed by atoms with Crippen LogP contribution in [0.5, 0.6) is 0 Å². The molecule has 2 heterocycles. The lowest BCUT2D eigenvalue weighted by atomic mass is 9.92. The topological polar surface area (TPSA) is 64.4 Å². The normalized spacial score (nSPS) is 28.1. The maximum atomic E-state index is 12.3. The number of amides is 1. The molecule has 108 valence electrons. The van der Waals surface area contributed by atoms with Crippen LogP contribution < -0.4 is 5.32 Å². The average Bonchev–Trinajstić information content (AvgIpc) is 2.92. The van der Waals surface area contributed by atoms with Crippen molar-refractivity contribution in [1.82, 2.24) is 10.5 Å². The van der Waals surface area contributed by atoms with Crippen molar-refractivity contribution < 1.29 is 14.1 Å². The lowest BCUT2D eigenvalue weighted by Crippen LogP contribution is -2.48. The van der Waals surface area contributed by atoms with E-state index in [-0.39, 0.29) is 17.6 Å². The number of nitrogens with zero attached hydrogens (tertiary/aromatic N) is 1. The van der Waals surface area contributed by atoms with Crippen LogP contribution in [0.3, 0.4) is 0 Å². The molecule has 5 nitrogen and oxygen atoms in total. The Balaban J connectivity index is 1.45. The molecule has 0 radical (unpaired) electrons. The number of hydrogen-bond donors (Lipinski definition) is 1. The maximum Gasteiger partial charge on any atom is 0.273 e. The summed E-state index contributed by atoms with van der Waals surface area (Å²) in [5.41, 5.74) is 0.297. The quantitative estimate of drug-likeness (QED) is 0.920. The minimum atomic E-state index is -0.123. The van der Waals surface area contributed by atoms with Gasteiger partial charge >= 0.3 is 0 Å². The summed E-state index contributed by atoms with van der Waals surface area (Å²) in [5, 5.41) is 7.02. The van der Waals surface area contributed by atoms with Crippen molar-refractivity contribution in [2.45, 2.75) is 62.5 Å². The Morgan fingerprint density at radius 1 is 1.30 bits per heavy atom. The van der Waals surface area contributed by atoms with Gasteiger partial charge in [0.25, 0.3) is 5.91 Å². The Bertz CT molecular complexity index is 509. The van der Waals surface area contributed by atoms with Crippen LogP contribution >= 0.6 is 0 Å². The number of carbonyl (C=O) groups excluding carboxylic acids is 1. The van der Waals surface area contributed by atoms with E-state index >= 15 is 0 Å². The molecule has 0 unspecified atom stereocenters. The maximum absolute atomic E-state index is 12.3. The van der Waals surface area contributed by atoms with Crippen molar-refractivity contribution in [2.75, 3.05) is 6.61 Å². The number of rotatable bonds is 3. The Kier molecular flexibility index (Phi) is 2.84. The molecule has 5 heteroatoms. The van der Waals surface area contributed by atoms with Crippen LogP contribution in [0, 0.1) is 0 Å². The van der Waals surface area contributed by atoms with Crippen molar-refractivity contribution in [3.8, 4) is 0 Å². The molecule has 1 amide bonds. The van der Waals surface area contributed by atoms with Crippen LogP contribution in [0.2, 0.25) is 0 Å². The Labute approximate surface area is 118 Å². The molecule has 3 aliphatic rings. The van der Waals surface area contributed by atoms with E-state index in [1.54, 1.807) is 6.07 Å². The number of aromatic nitrogens is 1. The average molecular weight is 276 g/mol. The fourth-order valence-electron chi connectivity index (χ4n) is 3.60. The number of ether oxygens (including phenoxy) is 1. The third kappa shape index (κ3) is 2.04. The molecule has 3 fully saturated rings. The molecule has 1 spiro atoms. The summed E-state index contributed by atoms with van der Waals surface area (Å²) >= 11 is 0. The molecular weight excluding hydrogens is 256 g/mol. The van der Waals surface area contributed by atoms with Gasteiger partial charge in [-0.25, -0.2) is 0 Å². The lowest BCUT2D eigenvalue weighted by Gasteiger charge is -2.30. The van der Waals surface area contributed by atoms with E-state index in [1.165, 1.54) is 12.8 Å². The highest BCUT2D eigenvalue weighted by molar-refractivity contribution is 5.92. The fourth-order valence-corrected chi connectivity index (χ4v) is 3.60. The van der Waals surface area contributed by atoms with Gasteiger partial charge in [0.1, 0.15) is 5.76 Å². The van der Waals surface area contributed by atoms with Gasteiger partial charge in [-0.15, -0.1) is 0 Å². The van der Waals surface area contributed by atoms with Gasteiger partial charge in [-0.05, 0) is 32.1 Å². The highest BCUT2D eigenvalue weighted by atomic mass is 16.5. The van der Waals surface area contributed by atoms with Gasteiger partial charge in [-0.3, -0.25) is 4.79 Å². The molecule has 1 aromatic rings. The Morgan fingerprint density at radius 2 is 2.10 bits per heavy atom. The molecule has 1 aromatic heterocycles. The minimum Gasteiger partial charge on any atom is -0.373 e. The molecular formula is C15H20N2O3. The van der Waals surface area contributed by atoms with E-state index in [4.69, 9.17) is 9.26 Å². The molecule has 1 atom stereocenters. The zero-order valence-corrected chi connectivity index (χ0v) is 11.6. The van der Waals surface area contributed by atoms with Crippen LogP contribution in [-0.2, 0) is 4.74 Å². The number of carbonyl (C=O) groups is 1. The van der Waals surface area contributed by atoms with Crippen molar-refractivity contribution in [3.63, 3.8) is 0 Å². The summed E-state index contributed by atoms with van der Waals surface area (Å²) in [5.74, 6) is 1.22. The zero-order valence-electron chi connectivity index (χ0n) is 11.6. The molecule has 0 aromatic carbocycles.